The molecule has 0 radical (unpaired) electrons. The van der Waals surface area contributed by atoms with E-state index < -0.39 is 201 Å². The summed E-state index contributed by atoms with van der Waals surface area (Å²) >= 11 is 0. The molecule has 392 valence electrons. The van der Waals surface area contributed by atoms with E-state index in [0.717, 1.165) is 0 Å². The van der Waals surface area contributed by atoms with Crippen LogP contribution in [0.3, 0.4) is 0 Å². The van der Waals surface area contributed by atoms with Gasteiger partial charge in [-0.3, -0.25) is 4.79 Å². The van der Waals surface area contributed by atoms with Gasteiger partial charge in [0.1, 0.15) is 12.0 Å². The number of Topliss-reactive ketones (excluding diaryl/α,β-unsaturated/α-hetero) is 1. The summed E-state index contributed by atoms with van der Waals surface area (Å²) in [6.45, 7) is 0.155. The summed E-state index contributed by atoms with van der Waals surface area (Å²) in [4.78, 5) is 11.8. The molecule has 5 aromatic carbocycles. The number of alkyl halides is 24. The summed E-state index contributed by atoms with van der Waals surface area (Å²) in [6.07, 6.45) is -51.3. The van der Waals surface area contributed by atoms with E-state index in [9.17, 15) is 115 Å². The molecule has 0 spiro atoms. The van der Waals surface area contributed by atoms with Crippen molar-refractivity contribution >= 4 is 33.8 Å². The zero-order valence-electron chi connectivity index (χ0n) is 35.2. The maximum absolute atomic E-state index is 14.2. The molecule has 0 saturated heterocycles. The summed E-state index contributed by atoms with van der Waals surface area (Å²) in [7, 11) is 0. The molecule has 1 heterocycles. The van der Waals surface area contributed by atoms with Gasteiger partial charge in [0.25, 0.3) is 0 Å². The predicted octanol–water partition coefficient (Wildman–Crippen LogP) is 13.2. The highest BCUT2D eigenvalue weighted by atomic mass is 19.4. The van der Waals surface area contributed by atoms with Crippen LogP contribution in [-0.4, -0.2) is 11.9 Å². The maximum atomic E-state index is 14.2. The lowest BCUT2D eigenvalue weighted by atomic mass is 9.12. The number of carbonyl (C=O) groups excluding carboxylic acids is 1. The number of ketones is 1. The van der Waals surface area contributed by atoms with Crippen LogP contribution < -0.4 is 26.4 Å². The number of aromatic nitrogens is 1. The zero-order chi connectivity index (χ0) is 55.3. The quantitative estimate of drug-likeness (QED) is 0.0675. The van der Waals surface area contributed by atoms with Crippen LogP contribution in [0.2, 0.25) is 0 Å². The van der Waals surface area contributed by atoms with Crippen molar-refractivity contribution in [3.8, 4) is 0 Å². The lowest BCUT2D eigenvalue weighted by Gasteiger charge is -2.46. The fourth-order valence-corrected chi connectivity index (χ4v) is 7.55. The van der Waals surface area contributed by atoms with Crippen molar-refractivity contribution in [2.45, 2.75) is 56.0 Å². The molecule has 0 unspecified atom stereocenters. The first-order valence-electron chi connectivity index (χ1n) is 19.6. The second-order valence-corrected chi connectivity index (χ2v) is 15.7. The van der Waals surface area contributed by atoms with E-state index >= 15 is 0 Å². The van der Waals surface area contributed by atoms with E-state index in [1.807, 2.05) is 18.2 Å². The number of benzene rings is 5. The molecule has 0 bridgehead atoms. The number of hydrogen-bond donors (Lipinski definition) is 0. The Morgan fingerprint density at radius 3 is 0.795 bits per heavy atom. The first-order valence-corrected chi connectivity index (χ1v) is 19.6. The second-order valence-electron chi connectivity index (χ2n) is 15.7. The van der Waals surface area contributed by atoms with Crippen LogP contribution in [-0.2, 0) is 56.0 Å². The fourth-order valence-electron chi connectivity index (χ4n) is 7.55. The lowest BCUT2D eigenvalue weighted by molar-refractivity contribution is -0.683. The molecule has 0 aliphatic heterocycles. The van der Waals surface area contributed by atoms with Gasteiger partial charge in [-0.05, 0) is 36.4 Å². The highest BCUT2D eigenvalue weighted by Gasteiger charge is 2.47. The van der Waals surface area contributed by atoms with Gasteiger partial charge in [0.05, 0.1) is 50.1 Å². The van der Waals surface area contributed by atoms with Crippen molar-refractivity contribution in [1.82, 2.24) is 0 Å². The van der Waals surface area contributed by atoms with Crippen LogP contribution in [0, 0.1) is 5.82 Å². The third kappa shape index (κ3) is 13.3. The number of hydrogen-bond acceptors (Lipinski definition) is 1. The minimum atomic E-state index is -6.13. The Morgan fingerprint density at radius 2 is 0.575 bits per heavy atom. The van der Waals surface area contributed by atoms with E-state index in [-0.39, 0.29) is 17.9 Å². The van der Waals surface area contributed by atoms with E-state index in [0.29, 0.717) is 0 Å². The monoisotopic (exact) mass is 1080 g/mol. The Morgan fingerprint density at radius 1 is 0.342 bits per heavy atom. The van der Waals surface area contributed by atoms with Gasteiger partial charge in [-0.1, -0.05) is 66.7 Å². The highest BCUT2D eigenvalue weighted by Crippen LogP contribution is 2.41. The molecule has 0 amide bonds. The van der Waals surface area contributed by atoms with Crippen LogP contribution >= 0.6 is 0 Å². The van der Waals surface area contributed by atoms with Crippen LogP contribution in [0.4, 0.5) is 110 Å². The van der Waals surface area contributed by atoms with Gasteiger partial charge in [0, 0.05) is 12.1 Å². The maximum Gasteiger partial charge on any atom is 0.416 e. The Bertz CT molecular complexity index is 2520. The van der Waals surface area contributed by atoms with Gasteiger partial charge in [0.2, 0.25) is 12.3 Å². The van der Waals surface area contributed by atoms with Crippen molar-refractivity contribution in [2.75, 3.05) is 0 Å². The number of pyridine rings is 1. The van der Waals surface area contributed by atoms with Crippen LogP contribution in [0.15, 0.2) is 128 Å². The Balaban J connectivity index is 0.000000520. The second kappa shape index (κ2) is 19.6. The van der Waals surface area contributed by atoms with Crippen LogP contribution in [0.5, 0.6) is 0 Å². The SMILES string of the molecule is FC(F)(F)c1cc([B-](c2cc(C(F)(F)F)cc(C(F)(F)F)c2)(c2cc(C(F)(F)F)cc(C(F)(F)F)c2)c2cc(C(F)(F)F)cc(C(F)(F)F)c2)cc(C(F)(F)F)c1.O=C(C[n+]1ccccc1)c1ccccc1F. The van der Waals surface area contributed by atoms with Gasteiger partial charge in [-0.25, -0.2) is 4.39 Å². The zero-order valence-corrected chi connectivity index (χ0v) is 35.2. The van der Waals surface area contributed by atoms with E-state index in [4.69, 9.17) is 0 Å². The Labute approximate surface area is 392 Å². The van der Waals surface area contributed by atoms with Gasteiger partial charge in [0.15, 0.2) is 12.4 Å². The molecule has 28 heteroatoms. The standard InChI is InChI=1S/C32H12BF24.C13H11FNO/c34-25(35,36)13-1-14(26(37,38)39)6-21(5-13)33(22-7-15(27(40,41)42)2-16(8-22)28(43,44)45,23-9-17(29(46,47)48)3-18(10-23)30(49,50)51)24-11-19(31(52,53)54)4-20(12-24)32(55,56)57;14-12-7-3-2-6-11(12)13(16)10-15-8-4-1-5-9-15/h1-12H;1-9H,10H2/q-1;+1. The first kappa shape index (κ1) is 57.1. The number of halogens is 25. The number of nitrogens with zero attached hydrogens (tertiary/aromatic N) is 1. The summed E-state index contributed by atoms with van der Waals surface area (Å²) < 4.78 is 356. The van der Waals surface area contributed by atoms with Crippen molar-refractivity contribution in [3.05, 3.63) is 184 Å². The molecular formula is C45H23BF25NO. The Kier molecular flexibility index (Phi) is 15.3. The van der Waals surface area contributed by atoms with Crippen molar-refractivity contribution in [1.29, 1.82) is 0 Å². The topological polar surface area (TPSA) is 20.9 Å². The first-order chi connectivity index (χ1) is 33.0. The molecular weight excluding hydrogens is 1060 g/mol. The summed E-state index contributed by atoms with van der Waals surface area (Å²) in [5, 5.41) is 0. The third-order valence-corrected chi connectivity index (χ3v) is 10.7. The molecule has 6 rings (SSSR count). The largest absolute Gasteiger partial charge is 0.416 e. The normalized spacial score (nSPS) is 13.4. The molecule has 0 N–H and O–H groups in total. The van der Waals surface area contributed by atoms with Gasteiger partial charge >= 0.3 is 49.4 Å². The molecule has 0 aliphatic carbocycles. The van der Waals surface area contributed by atoms with E-state index in [1.54, 1.807) is 29.1 Å². The van der Waals surface area contributed by atoms with E-state index in [1.165, 1.54) is 12.1 Å². The number of rotatable bonds is 7. The fraction of sp³-hybridized carbons (Fsp3) is 0.200. The molecule has 0 atom stereocenters. The van der Waals surface area contributed by atoms with Crippen molar-refractivity contribution in [2.24, 2.45) is 0 Å². The van der Waals surface area contributed by atoms with Gasteiger partial charge in [-0.2, -0.15) is 132 Å². The lowest BCUT2D eigenvalue weighted by Crippen LogP contribution is -2.75. The molecule has 6 aromatic rings. The van der Waals surface area contributed by atoms with Crippen LogP contribution in [0.25, 0.3) is 0 Å². The summed E-state index contributed by atoms with van der Waals surface area (Å²) in [5.41, 5.74) is -30.1. The number of carbonyl (C=O) groups is 1. The molecule has 0 fully saturated rings. The molecule has 1 aromatic heterocycles. The smallest absolute Gasteiger partial charge is 0.287 e. The molecule has 73 heavy (non-hydrogen) atoms. The van der Waals surface area contributed by atoms with Crippen molar-refractivity contribution in [3.63, 3.8) is 0 Å². The summed E-state index contributed by atoms with van der Waals surface area (Å²) in [5.74, 6) is -0.696. The molecule has 0 aliphatic rings. The van der Waals surface area contributed by atoms with Gasteiger partial charge in [-0.15, -0.1) is 0 Å². The summed E-state index contributed by atoms with van der Waals surface area (Å²) in [6, 6.07) is 2.74. The predicted molar refractivity (Wildman–Crippen MR) is 207 cm³/mol. The minimum absolute atomic E-state index is 0.138. The third-order valence-electron chi connectivity index (χ3n) is 10.7. The van der Waals surface area contributed by atoms with Crippen molar-refractivity contribution < 1.29 is 119 Å². The average molecular weight is 1080 g/mol. The molecule has 2 nitrogen and oxygen atoms in total. The average Bonchev–Trinajstić information content (AvgIpc) is 3.24. The minimum Gasteiger partial charge on any atom is -0.287 e. The molecule has 0 saturated carbocycles. The van der Waals surface area contributed by atoms with Gasteiger partial charge < -0.3 is 0 Å². The van der Waals surface area contributed by atoms with Crippen LogP contribution in [0.1, 0.15) is 54.9 Å². The Hall–Kier alpha value is -6.77. The van der Waals surface area contributed by atoms with E-state index in [2.05, 4.69) is 0 Å². The highest BCUT2D eigenvalue weighted by molar-refractivity contribution is 7.20.